The summed E-state index contributed by atoms with van der Waals surface area (Å²) < 4.78 is 5.02. The molecule has 5 nitrogen and oxygen atoms in total. The average Bonchev–Trinajstić information content (AvgIpc) is 3.16. The van der Waals surface area contributed by atoms with Gasteiger partial charge in [-0.3, -0.25) is 14.9 Å². The van der Waals surface area contributed by atoms with Crippen LogP contribution in [0.3, 0.4) is 0 Å². The maximum Gasteiger partial charge on any atom is 0.310 e. The molecule has 0 atom stereocenters. The van der Waals surface area contributed by atoms with E-state index in [0.717, 1.165) is 17.7 Å². The van der Waals surface area contributed by atoms with Gasteiger partial charge < -0.3 is 4.74 Å². The van der Waals surface area contributed by atoms with Gasteiger partial charge in [-0.2, -0.15) is 0 Å². The van der Waals surface area contributed by atoms with Crippen molar-refractivity contribution in [3.63, 3.8) is 0 Å². The fraction of sp³-hybridized carbons (Fsp3) is 0.190. The Morgan fingerprint density at radius 3 is 2.61 bits per heavy atom. The number of thiazole rings is 1. The number of carbonyl (C=O) groups is 2. The summed E-state index contributed by atoms with van der Waals surface area (Å²) in [4.78, 5) is 28.3. The summed E-state index contributed by atoms with van der Waals surface area (Å²) >= 11 is 7.33. The molecule has 0 spiro atoms. The molecule has 3 aromatic rings. The van der Waals surface area contributed by atoms with Gasteiger partial charge in [-0.25, -0.2) is 4.98 Å². The molecule has 0 saturated carbocycles. The first-order valence-corrected chi connectivity index (χ1v) is 10.0. The summed E-state index contributed by atoms with van der Waals surface area (Å²) in [6.07, 6.45) is 0.996. The van der Waals surface area contributed by atoms with Crippen LogP contribution in [0.1, 0.15) is 18.1 Å². The van der Waals surface area contributed by atoms with Crippen molar-refractivity contribution in [2.24, 2.45) is 0 Å². The van der Waals surface area contributed by atoms with E-state index in [9.17, 15) is 9.59 Å². The first-order chi connectivity index (χ1) is 13.5. The zero-order chi connectivity index (χ0) is 19.9. The van der Waals surface area contributed by atoms with Gasteiger partial charge in [0, 0.05) is 16.0 Å². The van der Waals surface area contributed by atoms with Gasteiger partial charge in [0.25, 0.3) is 5.91 Å². The Morgan fingerprint density at radius 1 is 1.14 bits per heavy atom. The first kappa shape index (κ1) is 20.0. The number of ether oxygens (including phenoxy) is 1. The van der Waals surface area contributed by atoms with Crippen LogP contribution in [-0.4, -0.2) is 23.5 Å². The minimum atomic E-state index is -0.515. The Balaban J connectivity index is 1.50. The van der Waals surface area contributed by atoms with E-state index in [1.54, 1.807) is 24.3 Å². The average molecular weight is 415 g/mol. The van der Waals surface area contributed by atoms with E-state index >= 15 is 0 Å². The van der Waals surface area contributed by atoms with E-state index in [4.69, 9.17) is 16.3 Å². The third kappa shape index (κ3) is 5.41. The Bertz CT molecular complexity index is 970. The lowest BCUT2D eigenvalue weighted by Crippen LogP contribution is -2.21. The van der Waals surface area contributed by atoms with Gasteiger partial charge >= 0.3 is 5.97 Å². The van der Waals surface area contributed by atoms with Crippen LogP contribution >= 0.6 is 22.9 Å². The molecule has 0 unspecified atom stereocenters. The van der Waals surface area contributed by atoms with Gasteiger partial charge in [-0.15, -0.1) is 11.3 Å². The van der Waals surface area contributed by atoms with Crippen LogP contribution in [0, 0.1) is 0 Å². The summed E-state index contributed by atoms with van der Waals surface area (Å²) in [7, 11) is 0. The number of aromatic nitrogens is 1. The number of rotatable bonds is 7. The van der Waals surface area contributed by atoms with E-state index < -0.39 is 11.9 Å². The lowest BCUT2D eigenvalue weighted by atomic mass is 10.1. The minimum absolute atomic E-state index is 0.0160. The summed E-state index contributed by atoms with van der Waals surface area (Å²) in [5, 5.41) is 5.48. The van der Waals surface area contributed by atoms with Crippen LogP contribution in [0.5, 0.6) is 0 Å². The highest BCUT2D eigenvalue weighted by Crippen LogP contribution is 2.25. The monoisotopic (exact) mass is 414 g/mol. The summed E-state index contributed by atoms with van der Waals surface area (Å²) in [5.74, 6) is -0.950. The van der Waals surface area contributed by atoms with Crippen molar-refractivity contribution in [2.75, 3.05) is 11.9 Å². The molecule has 0 aliphatic heterocycles. The number of esters is 1. The number of anilines is 1. The third-order valence-corrected chi connectivity index (χ3v) is 5.19. The number of nitrogens with zero attached hydrogens (tertiary/aromatic N) is 1. The van der Waals surface area contributed by atoms with Crippen molar-refractivity contribution < 1.29 is 14.3 Å². The summed E-state index contributed by atoms with van der Waals surface area (Å²) in [6.45, 7) is 1.73. The molecule has 1 aromatic heterocycles. The van der Waals surface area contributed by atoms with Gasteiger partial charge in [0.1, 0.15) is 0 Å². The molecule has 2 aromatic carbocycles. The third-order valence-electron chi connectivity index (χ3n) is 4.07. The molecular formula is C21H19ClN2O3S. The van der Waals surface area contributed by atoms with Crippen molar-refractivity contribution in [3.8, 4) is 11.3 Å². The first-order valence-electron chi connectivity index (χ1n) is 8.79. The number of amides is 1. The molecule has 1 amide bonds. The second-order valence-corrected chi connectivity index (χ2v) is 7.33. The topological polar surface area (TPSA) is 68.3 Å². The van der Waals surface area contributed by atoms with Crippen molar-refractivity contribution in [2.45, 2.75) is 19.8 Å². The molecule has 144 valence electrons. The summed E-state index contributed by atoms with van der Waals surface area (Å²) in [6, 6.07) is 15.2. The van der Waals surface area contributed by atoms with E-state index in [-0.39, 0.29) is 13.0 Å². The number of carbonyl (C=O) groups excluding carboxylic acids is 2. The van der Waals surface area contributed by atoms with E-state index in [2.05, 4.69) is 29.4 Å². The molecule has 0 saturated heterocycles. The second kappa shape index (κ2) is 9.48. The maximum atomic E-state index is 12.0. The number of hydrogen-bond donors (Lipinski definition) is 1. The quantitative estimate of drug-likeness (QED) is 0.566. The molecule has 0 aliphatic carbocycles. The molecule has 1 heterocycles. The predicted molar refractivity (Wildman–Crippen MR) is 112 cm³/mol. The van der Waals surface area contributed by atoms with Crippen LogP contribution < -0.4 is 5.32 Å². The number of benzene rings is 2. The molecular weight excluding hydrogens is 396 g/mol. The van der Waals surface area contributed by atoms with E-state index in [1.807, 2.05) is 17.5 Å². The fourth-order valence-electron chi connectivity index (χ4n) is 2.52. The van der Waals surface area contributed by atoms with Crippen molar-refractivity contribution in [3.05, 3.63) is 70.1 Å². The lowest BCUT2D eigenvalue weighted by Gasteiger charge is -2.06. The maximum absolute atomic E-state index is 12.0. The van der Waals surface area contributed by atoms with Crippen LogP contribution in [0.4, 0.5) is 5.13 Å². The van der Waals surface area contributed by atoms with Crippen molar-refractivity contribution in [1.29, 1.82) is 0 Å². The highest BCUT2D eigenvalue weighted by molar-refractivity contribution is 7.14. The predicted octanol–water partition coefficient (Wildman–Crippen LogP) is 4.75. The van der Waals surface area contributed by atoms with Gasteiger partial charge in [-0.05, 0) is 23.6 Å². The van der Waals surface area contributed by atoms with Crippen molar-refractivity contribution >= 4 is 39.9 Å². The molecule has 3 rings (SSSR count). The number of nitrogens with one attached hydrogen (secondary N) is 1. The van der Waals surface area contributed by atoms with E-state index in [0.29, 0.717) is 15.7 Å². The fourth-order valence-corrected chi connectivity index (χ4v) is 3.46. The van der Waals surface area contributed by atoms with Gasteiger partial charge in [0.2, 0.25) is 0 Å². The molecule has 1 N–H and O–H groups in total. The normalized spacial score (nSPS) is 10.5. The number of aryl methyl sites for hydroxylation is 1. The molecule has 28 heavy (non-hydrogen) atoms. The van der Waals surface area contributed by atoms with Crippen LogP contribution in [0.15, 0.2) is 53.9 Å². The summed E-state index contributed by atoms with van der Waals surface area (Å²) in [5.41, 5.74) is 3.69. The highest BCUT2D eigenvalue weighted by Gasteiger charge is 2.12. The van der Waals surface area contributed by atoms with Crippen LogP contribution in [-0.2, 0) is 27.2 Å². The number of hydrogen-bond acceptors (Lipinski definition) is 5. The van der Waals surface area contributed by atoms with E-state index in [1.165, 1.54) is 16.9 Å². The minimum Gasteiger partial charge on any atom is -0.455 e. The lowest BCUT2D eigenvalue weighted by molar-refractivity contribution is -0.146. The zero-order valence-electron chi connectivity index (χ0n) is 15.3. The van der Waals surface area contributed by atoms with Crippen LogP contribution in [0.2, 0.25) is 5.02 Å². The Kier molecular flexibility index (Phi) is 6.79. The molecule has 0 fully saturated rings. The molecule has 7 heteroatoms. The molecule has 0 radical (unpaired) electrons. The Hall–Kier alpha value is -2.70. The Labute approximate surface area is 172 Å². The zero-order valence-corrected chi connectivity index (χ0v) is 16.8. The smallest absolute Gasteiger partial charge is 0.310 e. The van der Waals surface area contributed by atoms with Crippen LogP contribution in [0.25, 0.3) is 11.3 Å². The van der Waals surface area contributed by atoms with Gasteiger partial charge in [-0.1, -0.05) is 61.0 Å². The highest BCUT2D eigenvalue weighted by atomic mass is 35.5. The van der Waals surface area contributed by atoms with Crippen molar-refractivity contribution in [1.82, 2.24) is 4.98 Å². The van der Waals surface area contributed by atoms with Gasteiger partial charge in [0.05, 0.1) is 12.1 Å². The largest absolute Gasteiger partial charge is 0.455 e. The number of halogens is 1. The molecule has 0 aliphatic rings. The molecule has 0 bridgehead atoms. The standard InChI is InChI=1S/C21H19ClN2O3S/c1-2-14-7-9-15(10-8-14)18-13-28-21(23-18)24-19(25)12-27-20(26)11-16-5-3-4-6-17(16)22/h3-10,13H,2,11-12H2,1H3,(H,23,24,25). The Morgan fingerprint density at radius 2 is 1.89 bits per heavy atom. The SMILES string of the molecule is CCc1ccc(-c2csc(NC(=O)COC(=O)Cc3ccccc3Cl)n2)cc1. The second-order valence-electron chi connectivity index (χ2n) is 6.07. The van der Waals surface area contributed by atoms with Gasteiger partial charge in [0.15, 0.2) is 11.7 Å².